The van der Waals surface area contributed by atoms with E-state index in [2.05, 4.69) is 5.32 Å². The minimum atomic E-state index is -3.41. The molecular formula is C15H22N2O5S. The summed E-state index contributed by atoms with van der Waals surface area (Å²) in [5.74, 6) is 0.803. The third kappa shape index (κ3) is 5.11. The van der Waals surface area contributed by atoms with Gasteiger partial charge >= 0.3 is 0 Å². The molecule has 2 rings (SSSR count). The predicted molar refractivity (Wildman–Crippen MR) is 87.1 cm³/mol. The van der Waals surface area contributed by atoms with Gasteiger partial charge in [-0.3, -0.25) is 4.79 Å². The molecule has 7 nitrogen and oxygen atoms in total. The quantitative estimate of drug-likeness (QED) is 0.728. The number of hydrogen-bond donors (Lipinski definition) is 1. The highest BCUT2D eigenvalue weighted by Gasteiger charge is 2.20. The van der Waals surface area contributed by atoms with E-state index in [1.54, 1.807) is 18.2 Å². The van der Waals surface area contributed by atoms with E-state index in [0.29, 0.717) is 23.7 Å². The summed E-state index contributed by atoms with van der Waals surface area (Å²) in [6.45, 7) is 2.35. The molecule has 0 unspecified atom stereocenters. The Balaban J connectivity index is 1.95. The summed E-state index contributed by atoms with van der Waals surface area (Å²) in [5.41, 5.74) is 0.543. The first kappa shape index (κ1) is 17.6. The zero-order valence-corrected chi connectivity index (χ0v) is 14.2. The second-order valence-corrected chi connectivity index (χ2v) is 7.40. The largest absolute Gasteiger partial charge is 0.454 e. The molecule has 1 N–H and O–H groups in total. The maximum atomic E-state index is 12.1. The summed E-state index contributed by atoms with van der Waals surface area (Å²) in [4.78, 5) is 12.1. The lowest BCUT2D eigenvalue weighted by molar-refractivity contribution is -0.116. The van der Waals surface area contributed by atoms with Crippen LogP contribution in [0, 0.1) is 0 Å². The molecule has 0 aliphatic carbocycles. The Morgan fingerprint density at radius 1 is 1.26 bits per heavy atom. The molecule has 1 aliphatic rings. The number of benzene rings is 1. The van der Waals surface area contributed by atoms with Crippen LogP contribution in [0.5, 0.6) is 11.5 Å². The van der Waals surface area contributed by atoms with Crippen molar-refractivity contribution in [3.8, 4) is 11.5 Å². The fourth-order valence-electron chi connectivity index (χ4n) is 2.24. The van der Waals surface area contributed by atoms with Crippen LogP contribution in [0.2, 0.25) is 0 Å². The molecule has 1 aromatic rings. The highest BCUT2D eigenvalue weighted by molar-refractivity contribution is 7.88. The Hall–Kier alpha value is -1.80. The van der Waals surface area contributed by atoms with Crippen LogP contribution in [0.25, 0.3) is 0 Å². The van der Waals surface area contributed by atoms with Crippen LogP contribution < -0.4 is 14.8 Å². The molecule has 23 heavy (non-hydrogen) atoms. The van der Waals surface area contributed by atoms with E-state index in [9.17, 15) is 13.2 Å². The lowest BCUT2D eigenvalue weighted by Crippen LogP contribution is -2.38. The molecule has 0 saturated heterocycles. The molecule has 1 aromatic carbocycles. The van der Waals surface area contributed by atoms with Crippen molar-refractivity contribution >= 4 is 21.6 Å². The molecule has 128 valence electrons. The molecule has 0 bridgehead atoms. The number of nitrogens with zero attached hydrogens (tertiary/aromatic N) is 1. The first-order valence-corrected chi connectivity index (χ1v) is 9.39. The number of nitrogens with one attached hydrogen (secondary N) is 1. The van der Waals surface area contributed by atoms with Gasteiger partial charge in [0.1, 0.15) is 0 Å². The van der Waals surface area contributed by atoms with Gasteiger partial charge in [0.2, 0.25) is 22.7 Å². The van der Waals surface area contributed by atoms with Gasteiger partial charge < -0.3 is 14.8 Å². The fourth-order valence-corrected chi connectivity index (χ4v) is 3.05. The number of unbranched alkanes of at least 4 members (excludes halogenated alkanes) is 2. The van der Waals surface area contributed by atoms with Crippen molar-refractivity contribution in [1.29, 1.82) is 0 Å². The van der Waals surface area contributed by atoms with E-state index < -0.39 is 10.0 Å². The van der Waals surface area contributed by atoms with Crippen molar-refractivity contribution in [2.24, 2.45) is 0 Å². The first-order valence-electron chi connectivity index (χ1n) is 7.55. The van der Waals surface area contributed by atoms with Gasteiger partial charge in [0.05, 0.1) is 12.8 Å². The minimum absolute atomic E-state index is 0.159. The average molecular weight is 342 g/mol. The van der Waals surface area contributed by atoms with E-state index in [0.717, 1.165) is 25.5 Å². The number of rotatable bonds is 8. The zero-order valence-electron chi connectivity index (χ0n) is 13.4. The van der Waals surface area contributed by atoms with Gasteiger partial charge in [-0.25, -0.2) is 8.42 Å². The first-order chi connectivity index (χ1) is 10.9. The van der Waals surface area contributed by atoms with Crippen LogP contribution in [0.4, 0.5) is 5.69 Å². The minimum Gasteiger partial charge on any atom is -0.454 e. The highest BCUT2D eigenvalue weighted by Crippen LogP contribution is 2.34. The van der Waals surface area contributed by atoms with Crippen LogP contribution in [0.15, 0.2) is 18.2 Å². The van der Waals surface area contributed by atoms with Gasteiger partial charge in [-0.2, -0.15) is 4.31 Å². The summed E-state index contributed by atoms with van der Waals surface area (Å²) in [7, 11) is -3.41. The van der Waals surface area contributed by atoms with Crippen molar-refractivity contribution in [1.82, 2.24) is 4.31 Å². The Morgan fingerprint density at radius 3 is 2.70 bits per heavy atom. The number of carbonyl (C=O) groups excluding carboxylic acids is 1. The number of hydrogen-bond acceptors (Lipinski definition) is 5. The van der Waals surface area contributed by atoms with Gasteiger partial charge in [0, 0.05) is 18.3 Å². The molecule has 1 amide bonds. The number of carbonyl (C=O) groups is 1. The third-order valence-corrected chi connectivity index (χ3v) is 4.71. The smallest absolute Gasteiger partial charge is 0.239 e. The van der Waals surface area contributed by atoms with Gasteiger partial charge in [-0.1, -0.05) is 19.8 Å². The Bertz CT molecular complexity index is 660. The Kier molecular flexibility index (Phi) is 5.84. The molecule has 0 saturated carbocycles. The number of amides is 1. The van der Waals surface area contributed by atoms with Crippen LogP contribution in [-0.2, 0) is 14.8 Å². The van der Waals surface area contributed by atoms with E-state index >= 15 is 0 Å². The molecule has 0 aromatic heterocycles. The van der Waals surface area contributed by atoms with Gasteiger partial charge in [-0.05, 0) is 18.6 Å². The normalized spacial score (nSPS) is 13.3. The number of ether oxygens (including phenoxy) is 2. The average Bonchev–Trinajstić information content (AvgIpc) is 2.93. The molecule has 0 atom stereocenters. The van der Waals surface area contributed by atoms with E-state index in [4.69, 9.17) is 9.47 Å². The molecule has 1 aliphatic heterocycles. The second-order valence-electron chi connectivity index (χ2n) is 5.42. The van der Waals surface area contributed by atoms with Crippen LogP contribution >= 0.6 is 0 Å². The van der Waals surface area contributed by atoms with E-state index in [1.807, 2.05) is 6.92 Å². The lowest BCUT2D eigenvalue weighted by atomic mass is 10.2. The van der Waals surface area contributed by atoms with E-state index in [1.165, 1.54) is 4.31 Å². The van der Waals surface area contributed by atoms with Crippen LogP contribution in [-0.4, -0.2) is 44.8 Å². The number of fused-ring (bicyclic) bond motifs is 1. The van der Waals surface area contributed by atoms with E-state index in [-0.39, 0.29) is 19.2 Å². The summed E-state index contributed by atoms with van der Waals surface area (Å²) in [5, 5.41) is 2.68. The summed E-state index contributed by atoms with van der Waals surface area (Å²) < 4.78 is 35.2. The zero-order chi connectivity index (χ0) is 16.9. The maximum Gasteiger partial charge on any atom is 0.239 e. The van der Waals surface area contributed by atoms with Crippen molar-refractivity contribution < 1.29 is 22.7 Å². The number of anilines is 1. The fraction of sp³-hybridized carbons (Fsp3) is 0.533. The lowest BCUT2D eigenvalue weighted by Gasteiger charge is -2.19. The van der Waals surface area contributed by atoms with Crippen LogP contribution in [0.1, 0.15) is 26.2 Å². The Morgan fingerprint density at radius 2 is 2.00 bits per heavy atom. The SMILES string of the molecule is CCCCCN(CC(=O)Nc1ccc2c(c1)OCO2)S(C)(=O)=O. The summed E-state index contributed by atoms with van der Waals surface area (Å²) in [6.07, 6.45) is 3.77. The predicted octanol–water partition coefficient (Wildman–Crippen LogP) is 1.81. The van der Waals surface area contributed by atoms with Gasteiger partial charge in [0.15, 0.2) is 11.5 Å². The maximum absolute atomic E-state index is 12.1. The van der Waals surface area contributed by atoms with Gasteiger partial charge in [-0.15, -0.1) is 0 Å². The third-order valence-electron chi connectivity index (χ3n) is 3.46. The van der Waals surface area contributed by atoms with Crippen molar-refractivity contribution in [2.45, 2.75) is 26.2 Å². The highest BCUT2D eigenvalue weighted by atomic mass is 32.2. The molecular weight excluding hydrogens is 320 g/mol. The van der Waals surface area contributed by atoms with Crippen molar-refractivity contribution in [3.63, 3.8) is 0 Å². The van der Waals surface area contributed by atoms with Crippen molar-refractivity contribution in [2.75, 3.05) is 31.5 Å². The number of sulfonamides is 1. The Labute approximate surface area is 136 Å². The van der Waals surface area contributed by atoms with Crippen molar-refractivity contribution in [3.05, 3.63) is 18.2 Å². The second kappa shape index (κ2) is 7.65. The molecule has 0 spiro atoms. The summed E-state index contributed by atoms with van der Waals surface area (Å²) >= 11 is 0. The topological polar surface area (TPSA) is 84.9 Å². The molecule has 8 heteroatoms. The molecule has 0 radical (unpaired) electrons. The van der Waals surface area contributed by atoms with Gasteiger partial charge in [0.25, 0.3) is 0 Å². The molecule has 1 heterocycles. The van der Waals surface area contributed by atoms with Crippen LogP contribution in [0.3, 0.4) is 0 Å². The summed E-state index contributed by atoms with van der Waals surface area (Å²) in [6, 6.07) is 5.04. The standard InChI is InChI=1S/C15H22N2O5S/c1-3-4-5-8-17(23(2,19)20)10-15(18)16-12-6-7-13-14(9-12)22-11-21-13/h6-7,9H,3-5,8,10-11H2,1-2H3,(H,16,18). The molecule has 0 fully saturated rings. The monoisotopic (exact) mass is 342 g/mol.